The standard InChI is InChI=1S/C8H9BrN2O4.ClH/c9-6-2-4(11(14)15)1-5(8(6)13)7(10)3-12;/h1-2,7,12-13H,3,10H2;1H/t7-;/m0./s1. The molecule has 0 saturated heterocycles. The van der Waals surface area contributed by atoms with Crippen LogP contribution in [0.1, 0.15) is 11.6 Å². The molecule has 0 aliphatic heterocycles. The third-order valence-electron chi connectivity index (χ3n) is 1.88. The zero-order chi connectivity index (χ0) is 11.6. The zero-order valence-corrected chi connectivity index (χ0v) is 10.4. The lowest BCUT2D eigenvalue weighted by molar-refractivity contribution is -0.385. The van der Waals surface area contributed by atoms with E-state index in [2.05, 4.69) is 15.9 Å². The number of phenolic OH excluding ortho intramolecular Hbond substituents is 1. The maximum Gasteiger partial charge on any atom is 0.271 e. The number of rotatable bonds is 3. The van der Waals surface area contributed by atoms with Crippen LogP contribution in [0.25, 0.3) is 0 Å². The molecule has 0 aliphatic carbocycles. The molecule has 8 heteroatoms. The first-order chi connectivity index (χ1) is 6.97. The Balaban J connectivity index is 0.00000225. The number of nitro benzene ring substituents is 1. The lowest BCUT2D eigenvalue weighted by Gasteiger charge is -2.11. The number of aliphatic hydroxyl groups excluding tert-OH is 1. The second-order valence-electron chi connectivity index (χ2n) is 2.91. The maximum absolute atomic E-state index is 10.5. The van der Waals surface area contributed by atoms with Crippen LogP contribution in [-0.4, -0.2) is 21.7 Å². The largest absolute Gasteiger partial charge is 0.506 e. The summed E-state index contributed by atoms with van der Waals surface area (Å²) in [5.41, 5.74) is 5.42. The first kappa shape index (κ1) is 15.1. The van der Waals surface area contributed by atoms with Gasteiger partial charge in [0.2, 0.25) is 0 Å². The van der Waals surface area contributed by atoms with Crippen molar-refractivity contribution in [1.82, 2.24) is 0 Å². The van der Waals surface area contributed by atoms with Crippen molar-refractivity contribution in [2.45, 2.75) is 6.04 Å². The zero-order valence-electron chi connectivity index (χ0n) is 7.96. The van der Waals surface area contributed by atoms with Crippen molar-refractivity contribution in [3.63, 3.8) is 0 Å². The molecule has 1 atom stereocenters. The molecule has 90 valence electrons. The van der Waals surface area contributed by atoms with Gasteiger partial charge in [0.25, 0.3) is 5.69 Å². The third-order valence-corrected chi connectivity index (χ3v) is 2.49. The Labute approximate surface area is 106 Å². The second kappa shape index (κ2) is 6.00. The van der Waals surface area contributed by atoms with Gasteiger partial charge in [-0.3, -0.25) is 10.1 Å². The summed E-state index contributed by atoms with van der Waals surface area (Å²) in [4.78, 5) is 9.93. The number of benzene rings is 1. The molecule has 0 spiro atoms. The van der Waals surface area contributed by atoms with Crippen molar-refractivity contribution in [2.75, 3.05) is 6.61 Å². The smallest absolute Gasteiger partial charge is 0.271 e. The van der Waals surface area contributed by atoms with Crippen molar-refractivity contribution in [3.8, 4) is 5.75 Å². The Kier molecular flexibility index (Phi) is 5.66. The lowest BCUT2D eigenvalue weighted by Crippen LogP contribution is -2.15. The van der Waals surface area contributed by atoms with Gasteiger partial charge in [-0.25, -0.2) is 0 Å². The Hall–Kier alpha value is -0.890. The predicted octanol–water partition coefficient (Wildman–Crippen LogP) is 1.48. The molecule has 0 saturated carbocycles. The van der Waals surface area contributed by atoms with Gasteiger partial charge in [0.15, 0.2) is 0 Å². The summed E-state index contributed by atoms with van der Waals surface area (Å²) in [7, 11) is 0. The summed E-state index contributed by atoms with van der Waals surface area (Å²) in [6.07, 6.45) is 0. The third kappa shape index (κ3) is 3.05. The van der Waals surface area contributed by atoms with Gasteiger partial charge in [0.05, 0.1) is 22.0 Å². The average Bonchev–Trinajstić information content (AvgIpc) is 2.20. The summed E-state index contributed by atoms with van der Waals surface area (Å²) < 4.78 is 0.176. The van der Waals surface area contributed by atoms with Crippen molar-refractivity contribution in [3.05, 3.63) is 32.3 Å². The van der Waals surface area contributed by atoms with Crippen LogP contribution in [0.15, 0.2) is 16.6 Å². The van der Waals surface area contributed by atoms with E-state index in [-0.39, 0.29) is 33.9 Å². The van der Waals surface area contributed by atoms with E-state index < -0.39 is 17.6 Å². The maximum atomic E-state index is 10.5. The van der Waals surface area contributed by atoms with Crippen LogP contribution in [0.4, 0.5) is 5.69 Å². The molecule has 0 fully saturated rings. The van der Waals surface area contributed by atoms with Crippen LogP contribution >= 0.6 is 28.3 Å². The Morgan fingerprint density at radius 2 is 2.12 bits per heavy atom. The van der Waals surface area contributed by atoms with E-state index in [1.807, 2.05) is 0 Å². The normalized spacial score (nSPS) is 11.7. The molecule has 0 bridgehead atoms. The molecule has 0 heterocycles. The number of aromatic hydroxyl groups is 1. The monoisotopic (exact) mass is 312 g/mol. The number of non-ortho nitro benzene ring substituents is 1. The van der Waals surface area contributed by atoms with E-state index in [0.29, 0.717) is 0 Å². The Morgan fingerprint density at radius 1 is 1.56 bits per heavy atom. The Morgan fingerprint density at radius 3 is 2.56 bits per heavy atom. The van der Waals surface area contributed by atoms with Gasteiger partial charge in [-0.2, -0.15) is 0 Å². The van der Waals surface area contributed by atoms with E-state index in [0.717, 1.165) is 6.07 Å². The highest BCUT2D eigenvalue weighted by molar-refractivity contribution is 9.10. The lowest BCUT2D eigenvalue weighted by atomic mass is 10.1. The topological polar surface area (TPSA) is 110 Å². The summed E-state index contributed by atoms with van der Waals surface area (Å²) in [6, 6.07) is 1.46. The number of nitrogens with zero attached hydrogens (tertiary/aromatic N) is 1. The molecule has 0 aliphatic rings. The number of halogens is 2. The van der Waals surface area contributed by atoms with E-state index in [9.17, 15) is 15.2 Å². The van der Waals surface area contributed by atoms with Crippen LogP contribution in [-0.2, 0) is 0 Å². The molecule has 1 aromatic carbocycles. The summed E-state index contributed by atoms with van der Waals surface area (Å²) in [5.74, 6) is -0.192. The predicted molar refractivity (Wildman–Crippen MR) is 63.7 cm³/mol. The van der Waals surface area contributed by atoms with E-state index in [1.165, 1.54) is 6.07 Å². The van der Waals surface area contributed by atoms with Gasteiger partial charge >= 0.3 is 0 Å². The summed E-state index contributed by atoms with van der Waals surface area (Å²) in [5, 5.41) is 28.9. The number of hydrogen-bond acceptors (Lipinski definition) is 5. The van der Waals surface area contributed by atoms with Crippen LogP contribution in [0, 0.1) is 10.1 Å². The minimum Gasteiger partial charge on any atom is -0.506 e. The van der Waals surface area contributed by atoms with E-state index in [1.54, 1.807) is 0 Å². The first-order valence-corrected chi connectivity index (χ1v) is 4.80. The van der Waals surface area contributed by atoms with Crippen molar-refractivity contribution < 1.29 is 15.1 Å². The Bertz CT molecular complexity index is 402. The number of nitrogens with two attached hydrogens (primary N) is 1. The van der Waals surface area contributed by atoms with Crippen LogP contribution in [0.3, 0.4) is 0 Å². The molecule has 1 aromatic rings. The molecule has 1 rings (SSSR count). The SMILES string of the molecule is Cl.N[C@@H](CO)c1cc([N+](=O)[O-])cc(Br)c1O. The molecule has 6 nitrogen and oxygen atoms in total. The van der Waals surface area contributed by atoms with Crippen molar-refractivity contribution >= 4 is 34.0 Å². The molecule has 0 aromatic heterocycles. The highest BCUT2D eigenvalue weighted by atomic mass is 79.9. The minimum atomic E-state index is -0.846. The average molecular weight is 314 g/mol. The van der Waals surface area contributed by atoms with E-state index >= 15 is 0 Å². The molecule has 0 unspecified atom stereocenters. The fourth-order valence-electron chi connectivity index (χ4n) is 1.09. The van der Waals surface area contributed by atoms with Crippen molar-refractivity contribution in [1.29, 1.82) is 0 Å². The molecule has 16 heavy (non-hydrogen) atoms. The van der Waals surface area contributed by atoms with E-state index in [4.69, 9.17) is 10.8 Å². The second-order valence-corrected chi connectivity index (χ2v) is 3.77. The summed E-state index contributed by atoms with van der Waals surface area (Å²) in [6.45, 7) is -0.402. The molecular formula is C8H10BrClN2O4. The summed E-state index contributed by atoms with van der Waals surface area (Å²) >= 11 is 2.97. The fourth-order valence-corrected chi connectivity index (χ4v) is 1.56. The molecule has 0 amide bonds. The number of phenols is 1. The highest BCUT2D eigenvalue weighted by Gasteiger charge is 2.18. The van der Waals surface area contributed by atoms with Gasteiger partial charge in [-0.05, 0) is 15.9 Å². The number of hydrogen-bond donors (Lipinski definition) is 3. The van der Waals surface area contributed by atoms with Gasteiger partial charge < -0.3 is 15.9 Å². The van der Waals surface area contributed by atoms with Crippen LogP contribution in [0.2, 0.25) is 0 Å². The highest BCUT2D eigenvalue weighted by Crippen LogP contribution is 2.35. The molecule has 4 N–H and O–H groups in total. The van der Waals surface area contributed by atoms with Gasteiger partial charge in [0, 0.05) is 17.7 Å². The molecular weight excluding hydrogens is 303 g/mol. The molecule has 0 radical (unpaired) electrons. The first-order valence-electron chi connectivity index (χ1n) is 4.00. The van der Waals surface area contributed by atoms with Crippen molar-refractivity contribution in [2.24, 2.45) is 5.73 Å². The van der Waals surface area contributed by atoms with Crippen LogP contribution < -0.4 is 5.73 Å². The van der Waals surface area contributed by atoms with Crippen LogP contribution in [0.5, 0.6) is 5.75 Å². The minimum absolute atomic E-state index is 0. The number of nitro groups is 1. The fraction of sp³-hybridized carbons (Fsp3) is 0.250. The number of aliphatic hydroxyl groups is 1. The van der Waals surface area contributed by atoms with Gasteiger partial charge in [-0.15, -0.1) is 12.4 Å². The van der Waals surface area contributed by atoms with Gasteiger partial charge in [-0.1, -0.05) is 0 Å². The quantitative estimate of drug-likeness (QED) is 0.578. The van der Waals surface area contributed by atoms with Gasteiger partial charge in [0.1, 0.15) is 5.75 Å².